The van der Waals surface area contributed by atoms with Crippen molar-refractivity contribution in [3.05, 3.63) is 112 Å². The summed E-state index contributed by atoms with van der Waals surface area (Å²) in [5, 5.41) is 10.8. The van der Waals surface area contributed by atoms with Crippen molar-refractivity contribution < 1.29 is 5.11 Å². The fraction of sp³-hybridized carbons (Fsp3) is 0.257. The second-order valence-corrected chi connectivity index (χ2v) is 11.5. The van der Waals surface area contributed by atoms with Crippen molar-refractivity contribution in [2.45, 2.75) is 26.3 Å². The van der Waals surface area contributed by atoms with Gasteiger partial charge in [-0.3, -0.25) is 9.36 Å². The summed E-state index contributed by atoms with van der Waals surface area (Å²) in [7, 11) is 0. The average Bonchev–Trinajstić information content (AvgIpc) is 2.99. The number of fused-ring (bicyclic) bond motifs is 1. The van der Waals surface area contributed by atoms with Gasteiger partial charge in [-0.05, 0) is 84.3 Å². The number of piperidine rings is 1. The smallest absolute Gasteiger partial charge is 0.261 e. The molecule has 4 aromatic carbocycles. The molecule has 0 amide bonds. The summed E-state index contributed by atoms with van der Waals surface area (Å²) in [6.45, 7) is 5.37. The first-order chi connectivity index (χ1) is 20.0. The Morgan fingerprint density at radius 1 is 0.902 bits per heavy atom. The molecule has 0 spiro atoms. The van der Waals surface area contributed by atoms with E-state index in [0.717, 1.165) is 48.2 Å². The molecule has 2 heterocycles. The molecule has 0 bridgehead atoms. The Hall–Kier alpha value is -3.77. The Kier molecular flexibility index (Phi) is 8.02. The molecule has 1 fully saturated rings. The Morgan fingerprint density at radius 2 is 1.61 bits per heavy atom. The Labute approximate surface area is 245 Å². The van der Waals surface area contributed by atoms with Crippen LogP contribution in [-0.2, 0) is 6.54 Å². The molecule has 41 heavy (non-hydrogen) atoms. The number of aromatic nitrogens is 2. The number of hydrogen-bond acceptors (Lipinski definition) is 4. The molecule has 1 saturated heterocycles. The highest BCUT2D eigenvalue weighted by Crippen LogP contribution is 2.29. The summed E-state index contributed by atoms with van der Waals surface area (Å²) in [5.74, 6) is 0.994. The third-order valence-electron chi connectivity index (χ3n) is 8.19. The summed E-state index contributed by atoms with van der Waals surface area (Å²) in [5.41, 5.74) is 7.11. The minimum absolute atomic E-state index is 0.0249. The first kappa shape index (κ1) is 27.4. The van der Waals surface area contributed by atoms with E-state index in [-0.39, 0.29) is 12.2 Å². The van der Waals surface area contributed by atoms with Gasteiger partial charge in [0.2, 0.25) is 0 Å². The summed E-state index contributed by atoms with van der Waals surface area (Å²) in [4.78, 5) is 21.6. The molecule has 1 aromatic heterocycles. The molecule has 1 aliphatic rings. The third kappa shape index (κ3) is 5.84. The van der Waals surface area contributed by atoms with Crippen molar-refractivity contribution in [2.75, 3.05) is 26.2 Å². The van der Waals surface area contributed by atoms with Gasteiger partial charge in [0.15, 0.2) is 0 Å². The minimum atomic E-state index is -0.0249. The zero-order chi connectivity index (χ0) is 28.3. The lowest BCUT2D eigenvalue weighted by Crippen LogP contribution is -2.40. The first-order valence-corrected chi connectivity index (χ1v) is 14.7. The van der Waals surface area contributed by atoms with Crippen LogP contribution in [0.4, 0.5) is 0 Å². The molecule has 5 aromatic rings. The lowest BCUT2D eigenvalue weighted by atomic mass is 9.97. The molecule has 0 radical (unpaired) electrons. The number of likely N-dealkylation sites (tertiary alicyclic amines) is 1. The lowest BCUT2D eigenvalue weighted by molar-refractivity contribution is 0.132. The molecular weight excluding hydrogens is 530 g/mol. The predicted molar refractivity (Wildman–Crippen MR) is 168 cm³/mol. The number of benzene rings is 4. The van der Waals surface area contributed by atoms with Crippen molar-refractivity contribution in [3.63, 3.8) is 0 Å². The predicted octanol–water partition coefficient (Wildman–Crippen LogP) is 7.06. The van der Waals surface area contributed by atoms with Gasteiger partial charge in [-0.1, -0.05) is 78.3 Å². The topological polar surface area (TPSA) is 58.4 Å². The maximum Gasteiger partial charge on any atom is 0.261 e. The van der Waals surface area contributed by atoms with Crippen molar-refractivity contribution in [3.8, 4) is 33.6 Å². The SMILES string of the molecule is Cc1ccccc1-c1ccc(-c2nc3ccc(-c4ccc(Cl)cc4)cc3c(=O)n2C[C@H]2CCCN(CCO)C2)cc1. The van der Waals surface area contributed by atoms with Gasteiger partial charge in [0.1, 0.15) is 5.82 Å². The molecule has 6 rings (SSSR count). The molecule has 1 aliphatic heterocycles. The first-order valence-electron chi connectivity index (χ1n) is 14.3. The van der Waals surface area contributed by atoms with Crippen molar-refractivity contribution in [1.29, 1.82) is 0 Å². The average molecular weight is 564 g/mol. The van der Waals surface area contributed by atoms with Crippen molar-refractivity contribution in [1.82, 2.24) is 14.5 Å². The van der Waals surface area contributed by atoms with Crippen LogP contribution >= 0.6 is 11.6 Å². The molecule has 1 atom stereocenters. The van der Waals surface area contributed by atoms with Gasteiger partial charge in [0, 0.05) is 30.2 Å². The van der Waals surface area contributed by atoms with Gasteiger partial charge < -0.3 is 10.0 Å². The highest BCUT2D eigenvalue weighted by atomic mass is 35.5. The van der Waals surface area contributed by atoms with Crippen LogP contribution in [0.15, 0.2) is 95.8 Å². The minimum Gasteiger partial charge on any atom is -0.395 e. The van der Waals surface area contributed by atoms with Gasteiger partial charge in [0.05, 0.1) is 17.5 Å². The lowest BCUT2D eigenvalue weighted by Gasteiger charge is -2.33. The number of aliphatic hydroxyl groups is 1. The Balaban J connectivity index is 1.44. The van der Waals surface area contributed by atoms with Gasteiger partial charge >= 0.3 is 0 Å². The Morgan fingerprint density at radius 3 is 2.37 bits per heavy atom. The fourth-order valence-corrected chi connectivity index (χ4v) is 6.16. The third-order valence-corrected chi connectivity index (χ3v) is 8.44. The Bertz CT molecular complexity index is 1730. The van der Waals surface area contributed by atoms with Crippen LogP contribution in [-0.4, -0.2) is 45.8 Å². The summed E-state index contributed by atoms with van der Waals surface area (Å²) < 4.78 is 1.88. The standard InChI is InChI=1S/C35H34ClN3O2/c1-24-5-2-3-7-31(24)27-8-10-28(11-9-27)34-37-33-17-14-29(26-12-15-30(36)16-13-26)21-32(33)35(41)39(34)23-25-6-4-18-38(22-25)19-20-40/h2-3,5,7-17,21,25,40H,4,6,18-20,22-23H2,1H3/t25-/m0/s1. The highest BCUT2D eigenvalue weighted by molar-refractivity contribution is 6.30. The second-order valence-electron chi connectivity index (χ2n) is 11.0. The van der Waals surface area contributed by atoms with E-state index in [1.54, 1.807) is 0 Å². The van der Waals surface area contributed by atoms with E-state index < -0.39 is 0 Å². The number of aryl methyl sites for hydroxylation is 1. The maximum absolute atomic E-state index is 14.2. The van der Waals surface area contributed by atoms with Crippen LogP contribution < -0.4 is 5.56 Å². The van der Waals surface area contributed by atoms with E-state index in [4.69, 9.17) is 16.6 Å². The van der Waals surface area contributed by atoms with Crippen LogP contribution in [0.3, 0.4) is 0 Å². The number of aliphatic hydroxyl groups excluding tert-OH is 1. The highest BCUT2D eigenvalue weighted by Gasteiger charge is 2.23. The van der Waals surface area contributed by atoms with E-state index in [2.05, 4.69) is 60.4 Å². The van der Waals surface area contributed by atoms with E-state index in [9.17, 15) is 9.90 Å². The number of halogens is 1. The molecule has 1 N–H and O–H groups in total. The fourth-order valence-electron chi connectivity index (χ4n) is 6.03. The van der Waals surface area contributed by atoms with Crippen LogP contribution in [0.5, 0.6) is 0 Å². The molecule has 0 unspecified atom stereocenters. The van der Waals surface area contributed by atoms with Crippen LogP contribution in [0.25, 0.3) is 44.5 Å². The van der Waals surface area contributed by atoms with Crippen molar-refractivity contribution >= 4 is 22.5 Å². The van der Waals surface area contributed by atoms with Gasteiger partial charge in [-0.15, -0.1) is 0 Å². The van der Waals surface area contributed by atoms with Crippen LogP contribution in [0.1, 0.15) is 18.4 Å². The van der Waals surface area contributed by atoms with E-state index in [0.29, 0.717) is 40.8 Å². The largest absolute Gasteiger partial charge is 0.395 e. The zero-order valence-electron chi connectivity index (χ0n) is 23.3. The molecule has 5 nitrogen and oxygen atoms in total. The molecule has 0 aliphatic carbocycles. The van der Waals surface area contributed by atoms with Crippen LogP contribution in [0, 0.1) is 12.8 Å². The van der Waals surface area contributed by atoms with Gasteiger partial charge in [0.25, 0.3) is 5.56 Å². The number of nitrogens with zero attached hydrogens (tertiary/aromatic N) is 3. The maximum atomic E-state index is 14.2. The van der Waals surface area contributed by atoms with Gasteiger partial charge in [-0.25, -0.2) is 4.98 Å². The van der Waals surface area contributed by atoms with Crippen LogP contribution in [0.2, 0.25) is 5.02 Å². The molecule has 0 saturated carbocycles. The normalized spacial score (nSPS) is 15.8. The summed E-state index contributed by atoms with van der Waals surface area (Å²) >= 11 is 6.11. The van der Waals surface area contributed by atoms with Crippen molar-refractivity contribution in [2.24, 2.45) is 5.92 Å². The van der Waals surface area contributed by atoms with E-state index in [1.807, 2.05) is 47.0 Å². The van der Waals surface area contributed by atoms with E-state index >= 15 is 0 Å². The number of rotatable bonds is 7. The second kappa shape index (κ2) is 12.0. The zero-order valence-corrected chi connectivity index (χ0v) is 24.0. The molecular formula is C35H34ClN3O2. The number of hydrogen-bond donors (Lipinski definition) is 1. The summed E-state index contributed by atoms with van der Waals surface area (Å²) in [6, 6.07) is 30.3. The summed E-state index contributed by atoms with van der Waals surface area (Å²) in [6.07, 6.45) is 2.10. The van der Waals surface area contributed by atoms with Gasteiger partial charge in [-0.2, -0.15) is 0 Å². The molecule has 6 heteroatoms. The monoisotopic (exact) mass is 563 g/mol. The molecule has 208 valence electrons. The van der Waals surface area contributed by atoms with E-state index in [1.165, 1.54) is 11.1 Å². The quantitative estimate of drug-likeness (QED) is 0.230. The number of β-amino-alcohol motifs (C(OH)–C–C–N with tert-alkyl or cyclic N) is 1.